The van der Waals surface area contributed by atoms with Crippen molar-refractivity contribution < 1.29 is 19.5 Å². The molecule has 8 nitrogen and oxygen atoms in total. The molecule has 35 heavy (non-hydrogen) atoms. The van der Waals surface area contributed by atoms with Gasteiger partial charge in [-0.3, -0.25) is 14.5 Å². The first-order valence-corrected chi connectivity index (χ1v) is 11.5. The number of amides is 2. The third-order valence-electron chi connectivity index (χ3n) is 5.91. The number of carboxylic acids is 1. The number of carboxylic acid groups (broad SMARTS) is 1. The van der Waals surface area contributed by atoms with Crippen LogP contribution >= 0.6 is 0 Å². The minimum atomic E-state index is -1.06. The van der Waals surface area contributed by atoms with Crippen LogP contribution in [0.4, 0.5) is 17.1 Å². The molecule has 0 unspecified atom stereocenters. The Hall–Kier alpha value is -4.17. The summed E-state index contributed by atoms with van der Waals surface area (Å²) in [5.74, 6) is -1.43. The number of carbonyl (C=O) groups excluding carboxylic acids is 2. The van der Waals surface area contributed by atoms with Gasteiger partial charge in [0.15, 0.2) is 0 Å². The number of hydrogen-bond acceptors (Lipinski definition) is 5. The normalized spacial score (nSPS) is 13.8. The molecule has 0 atom stereocenters. The average Bonchev–Trinajstić information content (AvgIpc) is 2.85. The summed E-state index contributed by atoms with van der Waals surface area (Å²) in [6.45, 7) is 4.87. The Bertz CT molecular complexity index is 1220. The van der Waals surface area contributed by atoms with E-state index in [1.54, 1.807) is 30.3 Å². The first-order chi connectivity index (χ1) is 16.9. The summed E-state index contributed by atoms with van der Waals surface area (Å²) in [5, 5.41) is 15.2. The van der Waals surface area contributed by atoms with Crippen LogP contribution in [0.5, 0.6) is 0 Å². The highest BCUT2D eigenvalue weighted by Crippen LogP contribution is 2.29. The van der Waals surface area contributed by atoms with Gasteiger partial charge in [-0.05, 0) is 55.0 Å². The van der Waals surface area contributed by atoms with Gasteiger partial charge in [0, 0.05) is 37.4 Å². The van der Waals surface area contributed by atoms with E-state index in [0.29, 0.717) is 37.4 Å². The Kier molecular flexibility index (Phi) is 7.42. The molecule has 3 aromatic rings. The van der Waals surface area contributed by atoms with Gasteiger partial charge in [-0.25, -0.2) is 4.79 Å². The first-order valence-electron chi connectivity index (χ1n) is 11.5. The van der Waals surface area contributed by atoms with Gasteiger partial charge >= 0.3 is 5.97 Å². The number of nitrogens with zero attached hydrogens (tertiary/aromatic N) is 2. The lowest BCUT2D eigenvalue weighted by molar-refractivity contribution is -0.117. The molecule has 0 radical (unpaired) electrons. The van der Waals surface area contributed by atoms with Crippen LogP contribution in [0.2, 0.25) is 0 Å². The number of hydrogen-bond donors (Lipinski definition) is 3. The number of aryl methyl sites for hydroxylation is 1. The summed E-state index contributed by atoms with van der Waals surface area (Å²) in [5.41, 5.74) is 3.66. The molecule has 0 aliphatic carbocycles. The maximum Gasteiger partial charge on any atom is 0.335 e. The highest BCUT2D eigenvalue weighted by atomic mass is 16.4. The van der Waals surface area contributed by atoms with E-state index >= 15 is 0 Å². The Morgan fingerprint density at radius 3 is 2.26 bits per heavy atom. The van der Waals surface area contributed by atoms with Crippen molar-refractivity contribution in [3.8, 4) is 0 Å². The average molecular weight is 473 g/mol. The van der Waals surface area contributed by atoms with E-state index < -0.39 is 5.97 Å². The number of rotatable bonds is 7. The maximum atomic E-state index is 12.7. The van der Waals surface area contributed by atoms with Crippen molar-refractivity contribution in [1.29, 1.82) is 0 Å². The van der Waals surface area contributed by atoms with Gasteiger partial charge in [0.2, 0.25) is 5.91 Å². The number of aromatic carboxylic acids is 1. The SMILES string of the molecule is Cc1cccc(NC(=O)CN2CCN(c3ccc(C(=O)O)cc3NC(=O)c3ccccc3)CC2)c1. The third kappa shape index (κ3) is 6.24. The summed E-state index contributed by atoms with van der Waals surface area (Å²) >= 11 is 0. The molecule has 4 rings (SSSR count). The smallest absolute Gasteiger partial charge is 0.335 e. The van der Waals surface area contributed by atoms with Crippen molar-refractivity contribution in [2.45, 2.75) is 6.92 Å². The minimum Gasteiger partial charge on any atom is -0.478 e. The molecule has 0 bridgehead atoms. The van der Waals surface area contributed by atoms with Crippen molar-refractivity contribution in [3.63, 3.8) is 0 Å². The highest BCUT2D eigenvalue weighted by Gasteiger charge is 2.22. The van der Waals surface area contributed by atoms with Crippen molar-refractivity contribution in [2.75, 3.05) is 48.3 Å². The predicted molar refractivity (Wildman–Crippen MR) is 136 cm³/mol. The molecule has 1 aliphatic rings. The van der Waals surface area contributed by atoms with Crippen LogP contribution in [0.1, 0.15) is 26.3 Å². The second-order valence-electron chi connectivity index (χ2n) is 8.54. The molecule has 1 aliphatic heterocycles. The van der Waals surface area contributed by atoms with Crippen molar-refractivity contribution in [3.05, 3.63) is 89.5 Å². The fraction of sp³-hybridized carbons (Fsp3) is 0.222. The van der Waals surface area contributed by atoms with E-state index in [0.717, 1.165) is 16.9 Å². The zero-order valence-corrected chi connectivity index (χ0v) is 19.5. The van der Waals surface area contributed by atoms with E-state index in [4.69, 9.17) is 0 Å². The van der Waals surface area contributed by atoms with E-state index in [2.05, 4.69) is 20.4 Å². The van der Waals surface area contributed by atoms with Crippen molar-refractivity contribution in [1.82, 2.24) is 4.90 Å². The maximum absolute atomic E-state index is 12.7. The van der Waals surface area contributed by atoms with Crippen molar-refractivity contribution >= 4 is 34.8 Å². The number of anilines is 3. The molecular formula is C27H28N4O4. The Morgan fingerprint density at radius 1 is 0.829 bits per heavy atom. The molecular weight excluding hydrogens is 444 g/mol. The Labute approximate surface area is 204 Å². The summed E-state index contributed by atoms with van der Waals surface area (Å²) in [6.07, 6.45) is 0. The quantitative estimate of drug-likeness (QED) is 0.485. The molecule has 2 amide bonds. The molecule has 1 saturated heterocycles. The Morgan fingerprint density at radius 2 is 1.57 bits per heavy atom. The van der Waals surface area contributed by atoms with Crippen LogP contribution < -0.4 is 15.5 Å². The molecule has 3 N–H and O–H groups in total. The van der Waals surface area contributed by atoms with Crippen LogP contribution in [-0.2, 0) is 4.79 Å². The van der Waals surface area contributed by atoms with Crippen LogP contribution in [0.3, 0.4) is 0 Å². The standard InChI is InChI=1S/C27H28N4O4/c1-19-6-5-9-22(16-19)28-25(32)18-30-12-14-31(15-13-30)24-11-10-21(27(34)35)17-23(24)29-26(33)20-7-3-2-4-8-20/h2-11,16-17H,12-15,18H2,1H3,(H,28,32)(H,29,33)(H,34,35). The Balaban J connectivity index is 1.41. The fourth-order valence-corrected chi connectivity index (χ4v) is 4.10. The van der Waals surface area contributed by atoms with Gasteiger partial charge in [0.05, 0.1) is 23.5 Å². The lowest BCUT2D eigenvalue weighted by Gasteiger charge is -2.36. The van der Waals surface area contributed by atoms with E-state index in [-0.39, 0.29) is 23.9 Å². The summed E-state index contributed by atoms with van der Waals surface area (Å²) in [7, 11) is 0. The second-order valence-corrected chi connectivity index (χ2v) is 8.54. The molecule has 1 heterocycles. The van der Waals surface area contributed by atoms with E-state index in [1.807, 2.05) is 37.3 Å². The summed E-state index contributed by atoms with van der Waals surface area (Å²) < 4.78 is 0. The highest BCUT2D eigenvalue weighted by molar-refractivity contribution is 6.06. The molecule has 180 valence electrons. The van der Waals surface area contributed by atoms with Crippen molar-refractivity contribution in [2.24, 2.45) is 0 Å². The zero-order chi connectivity index (χ0) is 24.8. The fourth-order valence-electron chi connectivity index (χ4n) is 4.10. The van der Waals surface area contributed by atoms with Crippen LogP contribution in [0, 0.1) is 6.92 Å². The number of nitrogens with one attached hydrogen (secondary N) is 2. The van der Waals surface area contributed by atoms with Gasteiger partial charge in [0.25, 0.3) is 5.91 Å². The number of benzene rings is 3. The van der Waals surface area contributed by atoms with E-state index in [9.17, 15) is 19.5 Å². The lowest BCUT2D eigenvalue weighted by Crippen LogP contribution is -2.48. The van der Waals surface area contributed by atoms with Crippen LogP contribution in [-0.4, -0.2) is 60.5 Å². The molecule has 8 heteroatoms. The van der Waals surface area contributed by atoms with E-state index in [1.165, 1.54) is 12.1 Å². The third-order valence-corrected chi connectivity index (χ3v) is 5.91. The van der Waals surface area contributed by atoms with Crippen LogP contribution in [0.25, 0.3) is 0 Å². The summed E-state index contributed by atoms with van der Waals surface area (Å²) in [6, 6.07) is 21.2. The first kappa shape index (κ1) is 24.0. The second kappa shape index (κ2) is 10.8. The van der Waals surface area contributed by atoms with Gasteiger partial charge in [-0.1, -0.05) is 30.3 Å². The van der Waals surface area contributed by atoms with Gasteiger partial charge in [0.1, 0.15) is 0 Å². The van der Waals surface area contributed by atoms with Gasteiger partial charge < -0.3 is 20.6 Å². The topological polar surface area (TPSA) is 102 Å². The number of carbonyl (C=O) groups is 3. The molecule has 0 spiro atoms. The van der Waals surface area contributed by atoms with Gasteiger partial charge in [-0.2, -0.15) is 0 Å². The largest absolute Gasteiger partial charge is 0.478 e. The predicted octanol–water partition coefficient (Wildman–Crippen LogP) is 3.71. The zero-order valence-electron chi connectivity index (χ0n) is 19.5. The monoisotopic (exact) mass is 472 g/mol. The number of piperazine rings is 1. The molecule has 3 aromatic carbocycles. The lowest BCUT2D eigenvalue weighted by atomic mass is 10.1. The molecule has 0 saturated carbocycles. The van der Waals surface area contributed by atoms with Gasteiger partial charge in [-0.15, -0.1) is 0 Å². The summed E-state index contributed by atoms with van der Waals surface area (Å²) in [4.78, 5) is 40.9. The minimum absolute atomic E-state index is 0.0642. The van der Waals surface area contributed by atoms with Crippen LogP contribution in [0.15, 0.2) is 72.8 Å². The molecule has 1 fully saturated rings. The molecule has 0 aromatic heterocycles.